The summed E-state index contributed by atoms with van der Waals surface area (Å²) in [5.74, 6) is 0.502. The zero-order chi connectivity index (χ0) is 13.7. The molecule has 1 unspecified atom stereocenters. The number of hydrogen-bond acceptors (Lipinski definition) is 6. The van der Waals surface area contributed by atoms with E-state index in [0.29, 0.717) is 5.92 Å². The molecule has 0 saturated heterocycles. The molecule has 1 aromatic heterocycles. The van der Waals surface area contributed by atoms with E-state index in [0.717, 1.165) is 12.8 Å². The van der Waals surface area contributed by atoms with Crippen LogP contribution in [0.3, 0.4) is 0 Å². The van der Waals surface area contributed by atoms with E-state index in [2.05, 4.69) is 29.1 Å². The molecule has 0 bridgehead atoms. The molecule has 1 heterocycles. The third-order valence-electron chi connectivity index (χ3n) is 3.15. The van der Waals surface area contributed by atoms with Gasteiger partial charge in [0.15, 0.2) is 0 Å². The second-order valence-corrected chi connectivity index (χ2v) is 4.22. The van der Waals surface area contributed by atoms with Crippen LogP contribution in [0.1, 0.15) is 33.6 Å². The van der Waals surface area contributed by atoms with Crippen LogP contribution in [-0.2, 0) is 0 Å². The average molecular weight is 253 g/mol. The van der Waals surface area contributed by atoms with Gasteiger partial charge >= 0.3 is 5.69 Å². The first-order chi connectivity index (χ1) is 8.51. The number of nitrogens with two attached hydrogens (primary N) is 1. The second kappa shape index (κ2) is 6.13. The van der Waals surface area contributed by atoms with Gasteiger partial charge in [0, 0.05) is 6.04 Å². The van der Waals surface area contributed by atoms with Crippen molar-refractivity contribution in [2.45, 2.75) is 39.7 Å². The fourth-order valence-electron chi connectivity index (χ4n) is 2.01. The van der Waals surface area contributed by atoms with E-state index in [9.17, 15) is 10.1 Å². The third kappa shape index (κ3) is 3.06. The fraction of sp³-hybridized carbons (Fsp3) is 0.636. The van der Waals surface area contributed by atoms with Crippen molar-refractivity contribution in [2.24, 2.45) is 5.92 Å². The van der Waals surface area contributed by atoms with Crippen LogP contribution in [0.15, 0.2) is 6.33 Å². The minimum atomic E-state index is -0.558. The highest BCUT2D eigenvalue weighted by molar-refractivity contribution is 5.67. The molecule has 0 amide bonds. The van der Waals surface area contributed by atoms with Crippen LogP contribution in [0.25, 0.3) is 0 Å². The normalized spacial score (nSPS) is 12.4. The van der Waals surface area contributed by atoms with E-state index in [4.69, 9.17) is 5.73 Å². The Morgan fingerprint density at radius 2 is 2.06 bits per heavy atom. The minimum Gasteiger partial charge on any atom is -0.378 e. The van der Waals surface area contributed by atoms with Crippen LogP contribution in [0.5, 0.6) is 0 Å². The van der Waals surface area contributed by atoms with Crippen LogP contribution < -0.4 is 11.1 Å². The molecule has 18 heavy (non-hydrogen) atoms. The van der Waals surface area contributed by atoms with Gasteiger partial charge in [-0.1, -0.05) is 26.7 Å². The summed E-state index contributed by atoms with van der Waals surface area (Å²) in [5, 5.41) is 14.0. The smallest absolute Gasteiger partial charge is 0.352 e. The third-order valence-corrected chi connectivity index (χ3v) is 3.15. The van der Waals surface area contributed by atoms with Gasteiger partial charge in [0.2, 0.25) is 11.6 Å². The van der Waals surface area contributed by atoms with E-state index < -0.39 is 4.92 Å². The molecule has 100 valence electrons. The highest BCUT2D eigenvalue weighted by Crippen LogP contribution is 2.28. The molecular weight excluding hydrogens is 234 g/mol. The Morgan fingerprint density at radius 1 is 1.44 bits per heavy atom. The van der Waals surface area contributed by atoms with Crippen molar-refractivity contribution in [3.05, 3.63) is 16.4 Å². The van der Waals surface area contributed by atoms with E-state index in [1.165, 1.54) is 6.33 Å². The maximum absolute atomic E-state index is 10.9. The number of rotatable bonds is 6. The van der Waals surface area contributed by atoms with Crippen LogP contribution in [0.2, 0.25) is 0 Å². The van der Waals surface area contributed by atoms with Crippen LogP contribution in [0, 0.1) is 16.0 Å². The standard InChI is InChI=1S/C11H19N5O2/c1-4-8(5-2)7(3)15-11-9(16(17)18)10(12)13-6-14-11/h6-8H,4-5H2,1-3H3,(H3,12,13,14,15). The molecule has 3 N–H and O–H groups in total. The number of anilines is 2. The minimum absolute atomic E-state index is 0.0907. The van der Waals surface area contributed by atoms with Crippen molar-refractivity contribution >= 4 is 17.3 Å². The lowest BCUT2D eigenvalue weighted by molar-refractivity contribution is -0.383. The number of aromatic nitrogens is 2. The van der Waals surface area contributed by atoms with Gasteiger partial charge in [-0.05, 0) is 12.8 Å². The van der Waals surface area contributed by atoms with Gasteiger partial charge in [-0.3, -0.25) is 10.1 Å². The lowest BCUT2D eigenvalue weighted by Gasteiger charge is -2.22. The zero-order valence-electron chi connectivity index (χ0n) is 10.9. The first kappa shape index (κ1) is 14.1. The Balaban J connectivity index is 2.97. The van der Waals surface area contributed by atoms with Crippen LogP contribution in [0.4, 0.5) is 17.3 Å². The van der Waals surface area contributed by atoms with Gasteiger partial charge in [0.05, 0.1) is 4.92 Å². The molecule has 0 saturated carbocycles. The molecule has 0 spiro atoms. The SMILES string of the molecule is CCC(CC)C(C)Nc1ncnc(N)c1[N+](=O)[O-]. The summed E-state index contributed by atoms with van der Waals surface area (Å²) >= 11 is 0. The van der Waals surface area contributed by atoms with Crippen molar-refractivity contribution in [1.82, 2.24) is 9.97 Å². The quantitative estimate of drug-likeness (QED) is 0.594. The first-order valence-corrected chi connectivity index (χ1v) is 6.02. The van der Waals surface area contributed by atoms with Gasteiger partial charge in [0.1, 0.15) is 6.33 Å². The summed E-state index contributed by atoms with van der Waals surface area (Å²) in [6.07, 6.45) is 3.22. The number of hydrogen-bond donors (Lipinski definition) is 2. The molecule has 0 aliphatic heterocycles. The van der Waals surface area contributed by atoms with E-state index in [1.807, 2.05) is 6.92 Å². The highest BCUT2D eigenvalue weighted by Gasteiger charge is 2.23. The number of nitrogens with one attached hydrogen (secondary N) is 1. The summed E-state index contributed by atoms with van der Waals surface area (Å²) < 4.78 is 0. The van der Waals surface area contributed by atoms with Gasteiger partial charge in [-0.25, -0.2) is 9.97 Å². The Kier molecular flexibility index (Phi) is 4.82. The van der Waals surface area contributed by atoms with Gasteiger partial charge < -0.3 is 11.1 Å². The lowest BCUT2D eigenvalue weighted by Crippen LogP contribution is -2.26. The van der Waals surface area contributed by atoms with E-state index >= 15 is 0 Å². The average Bonchev–Trinajstić information content (AvgIpc) is 2.30. The molecular formula is C11H19N5O2. The molecule has 0 radical (unpaired) electrons. The predicted octanol–water partition coefficient (Wildman–Crippen LogP) is 2.20. The summed E-state index contributed by atoms with van der Waals surface area (Å²) in [6.45, 7) is 6.17. The van der Waals surface area contributed by atoms with Gasteiger partial charge in [0.25, 0.3) is 0 Å². The van der Waals surface area contributed by atoms with Gasteiger partial charge in [-0.15, -0.1) is 0 Å². The molecule has 0 aliphatic carbocycles. The van der Waals surface area contributed by atoms with Gasteiger partial charge in [-0.2, -0.15) is 0 Å². The molecule has 1 aromatic rings. The Labute approximate surface area is 106 Å². The summed E-state index contributed by atoms with van der Waals surface area (Å²) in [7, 11) is 0. The Bertz CT molecular complexity index is 420. The molecule has 0 aliphatic rings. The van der Waals surface area contributed by atoms with Crippen molar-refractivity contribution in [3.63, 3.8) is 0 Å². The summed E-state index contributed by atoms with van der Waals surface area (Å²) in [5.41, 5.74) is 5.25. The molecule has 0 aromatic carbocycles. The molecule has 1 rings (SSSR count). The number of nitrogens with zero attached hydrogens (tertiary/aromatic N) is 3. The van der Waals surface area contributed by atoms with E-state index in [-0.39, 0.29) is 23.4 Å². The van der Waals surface area contributed by atoms with Crippen LogP contribution in [-0.4, -0.2) is 20.9 Å². The zero-order valence-corrected chi connectivity index (χ0v) is 10.9. The summed E-state index contributed by atoms with van der Waals surface area (Å²) in [6, 6.07) is 0.0907. The second-order valence-electron chi connectivity index (χ2n) is 4.22. The van der Waals surface area contributed by atoms with Crippen molar-refractivity contribution in [1.29, 1.82) is 0 Å². The van der Waals surface area contributed by atoms with Crippen molar-refractivity contribution in [3.8, 4) is 0 Å². The Hall–Kier alpha value is -1.92. The Morgan fingerprint density at radius 3 is 2.56 bits per heavy atom. The van der Waals surface area contributed by atoms with Crippen LogP contribution >= 0.6 is 0 Å². The maximum atomic E-state index is 10.9. The fourth-order valence-corrected chi connectivity index (χ4v) is 2.01. The monoisotopic (exact) mass is 253 g/mol. The topological polar surface area (TPSA) is 107 Å². The molecule has 7 nitrogen and oxygen atoms in total. The number of nitro groups is 1. The highest BCUT2D eigenvalue weighted by atomic mass is 16.6. The lowest BCUT2D eigenvalue weighted by atomic mass is 9.95. The van der Waals surface area contributed by atoms with Crippen molar-refractivity contribution in [2.75, 3.05) is 11.1 Å². The molecule has 1 atom stereocenters. The van der Waals surface area contributed by atoms with Crippen molar-refractivity contribution < 1.29 is 4.92 Å². The molecule has 7 heteroatoms. The largest absolute Gasteiger partial charge is 0.378 e. The number of nitrogen functional groups attached to an aromatic ring is 1. The summed E-state index contributed by atoms with van der Waals surface area (Å²) in [4.78, 5) is 17.9. The first-order valence-electron chi connectivity index (χ1n) is 6.02. The molecule has 0 fully saturated rings. The maximum Gasteiger partial charge on any atom is 0.352 e. The van der Waals surface area contributed by atoms with E-state index in [1.54, 1.807) is 0 Å². The predicted molar refractivity (Wildman–Crippen MR) is 70.3 cm³/mol.